The second-order valence-corrected chi connectivity index (χ2v) is 4.22. The van der Waals surface area contributed by atoms with E-state index in [1.54, 1.807) is 11.9 Å². The third kappa shape index (κ3) is 2.18. The number of carbonyl (C=O) groups is 1. The molecule has 0 saturated carbocycles. The highest BCUT2D eigenvalue weighted by atomic mass is 32.2. The lowest BCUT2D eigenvalue weighted by atomic mass is 10.4. The first-order valence-electron chi connectivity index (χ1n) is 4.58. The lowest BCUT2D eigenvalue weighted by molar-refractivity contribution is -0.123. The minimum absolute atomic E-state index is 0.0893. The number of carbonyl (C=O) groups excluding carboxylic acids is 1. The van der Waals surface area contributed by atoms with Gasteiger partial charge in [0, 0.05) is 12.7 Å². The van der Waals surface area contributed by atoms with Gasteiger partial charge >= 0.3 is 0 Å². The average Bonchev–Trinajstić information content (AvgIpc) is 2.50. The Morgan fingerprint density at radius 2 is 2.33 bits per heavy atom. The summed E-state index contributed by atoms with van der Waals surface area (Å²) in [6.07, 6.45) is 0. The summed E-state index contributed by atoms with van der Waals surface area (Å²) < 4.78 is 0. The summed E-state index contributed by atoms with van der Waals surface area (Å²) in [5.74, 6) is 1.21. The van der Waals surface area contributed by atoms with Crippen LogP contribution in [0.4, 0.5) is 5.82 Å². The van der Waals surface area contributed by atoms with Crippen molar-refractivity contribution < 1.29 is 4.79 Å². The molecule has 0 bridgehead atoms. The molecule has 0 N–H and O–H groups in total. The van der Waals surface area contributed by atoms with Crippen molar-refractivity contribution in [1.82, 2.24) is 9.88 Å². The van der Waals surface area contributed by atoms with Crippen LogP contribution in [0.15, 0.2) is 23.2 Å². The predicted molar refractivity (Wildman–Crippen MR) is 61.3 cm³/mol. The Balaban J connectivity index is 2.27. The van der Waals surface area contributed by atoms with Gasteiger partial charge in [-0.15, -0.1) is 0 Å². The maximum Gasteiger partial charge on any atom is 0.238 e. The zero-order chi connectivity index (χ0) is 10.8. The normalized spacial score (nSPS) is 18.9. The minimum atomic E-state index is 0.0893. The number of amides is 1. The van der Waals surface area contributed by atoms with Crippen molar-refractivity contribution in [2.45, 2.75) is 6.92 Å². The van der Waals surface area contributed by atoms with E-state index in [2.05, 4.69) is 9.98 Å². The van der Waals surface area contributed by atoms with Crippen LogP contribution in [-0.2, 0) is 4.79 Å². The van der Waals surface area contributed by atoms with Crippen LogP contribution in [0.5, 0.6) is 0 Å². The Labute approximate surface area is 92.4 Å². The van der Waals surface area contributed by atoms with Gasteiger partial charge in [-0.2, -0.15) is 0 Å². The molecule has 78 valence electrons. The second kappa shape index (κ2) is 4.02. The number of aliphatic imine (C=N–C) groups is 1. The smallest absolute Gasteiger partial charge is 0.238 e. The third-order valence-corrected chi connectivity index (χ3v) is 3.08. The van der Waals surface area contributed by atoms with Crippen LogP contribution in [0.25, 0.3) is 0 Å². The van der Waals surface area contributed by atoms with Crippen molar-refractivity contribution in [1.29, 1.82) is 0 Å². The van der Waals surface area contributed by atoms with Crippen molar-refractivity contribution >= 4 is 28.7 Å². The highest BCUT2D eigenvalue weighted by Gasteiger charge is 2.24. The van der Waals surface area contributed by atoms with E-state index in [-0.39, 0.29) is 5.91 Å². The number of aromatic nitrogens is 1. The van der Waals surface area contributed by atoms with Crippen LogP contribution in [0.3, 0.4) is 0 Å². The van der Waals surface area contributed by atoms with Gasteiger partial charge in [-0.05, 0) is 19.1 Å². The number of nitrogens with zero attached hydrogens (tertiary/aromatic N) is 3. The Morgan fingerprint density at radius 1 is 1.53 bits per heavy atom. The van der Waals surface area contributed by atoms with E-state index in [0.29, 0.717) is 11.6 Å². The lowest BCUT2D eigenvalue weighted by Crippen LogP contribution is -2.24. The number of thioether (sulfide) groups is 1. The topological polar surface area (TPSA) is 45.6 Å². The summed E-state index contributed by atoms with van der Waals surface area (Å²) in [4.78, 5) is 21.4. The maximum atomic E-state index is 11.2. The van der Waals surface area contributed by atoms with Gasteiger partial charge < -0.3 is 0 Å². The summed E-state index contributed by atoms with van der Waals surface area (Å²) in [5.41, 5.74) is 0.925. The van der Waals surface area contributed by atoms with Gasteiger partial charge in [-0.3, -0.25) is 9.69 Å². The molecule has 1 aliphatic rings. The third-order valence-electron chi connectivity index (χ3n) is 2.07. The molecule has 0 unspecified atom stereocenters. The van der Waals surface area contributed by atoms with Crippen LogP contribution in [0, 0.1) is 6.92 Å². The van der Waals surface area contributed by atoms with Crippen molar-refractivity contribution in [2.24, 2.45) is 4.99 Å². The molecule has 0 spiro atoms. The minimum Gasteiger partial charge on any atom is -0.294 e. The second-order valence-electron chi connectivity index (χ2n) is 3.27. The fourth-order valence-electron chi connectivity index (χ4n) is 1.22. The first-order valence-corrected chi connectivity index (χ1v) is 5.57. The number of rotatable bonds is 1. The molecular weight excluding hydrogens is 210 g/mol. The van der Waals surface area contributed by atoms with Crippen LogP contribution in [-0.4, -0.2) is 33.8 Å². The predicted octanol–water partition coefficient (Wildman–Crippen LogP) is 1.58. The Kier molecular flexibility index (Phi) is 2.73. The number of pyridine rings is 1. The molecule has 0 atom stereocenters. The van der Waals surface area contributed by atoms with E-state index in [4.69, 9.17) is 0 Å². The van der Waals surface area contributed by atoms with Gasteiger partial charge in [0.2, 0.25) is 5.91 Å². The van der Waals surface area contributed by atoms with Crippen molar-refractivity contribution in [3.63, 3.8) is 0 Å². The molecule has 1 saturated heterocycles. The number of hydrogen-bond donors (Lipinski definition) is 0. The molecule has 1 fully saturated rings. The summed E-state index contributed by atoms with van der Waals surface area (Å²) in [6, 6.07) is 5.65. The van der Waals surface area contributed by atoms with Gasteiger partial charge in [-0.25, -0.2) is 9.98 Å². The molecule has 5 heteroatoms. The van der Waals surface area contributed by atoms with Crippen molar-refractivity contribution in [3.05, 3.63) is 23.9 Å². The van der Waals surface area contributed by atoms with E-state index in [1.807, 2.05) is 25.1 Å². The molecule has 2 rings (SSSR count). The number of hydrogen-bond acceptors (Lipinski definition) is 4. The summed E-state index contributed by atoms with van der Waals surface area (Å²) >= 11 is 1.45. The number of amidine groups is 1. The first kappa shape index (κ1) is 10.2. The molecule has 2 heterocycles. The van der Waals surface area contributed by atoms with E-state index in [1.165, 1.54) is 11.8 Å². The molecule has 4 nitrogen and oxygen atoms in total. The quantitative estimate of drug-likeness (QED) is 0.723. The van der Waals surface area contributed by atoms with Gasteiger partial charge in [0.25, 0.3) is 0 Å². The van der Waals surface area contributed by atoms with Crippen LogP contribution in [0.2, 0.25) is 0 Å². The van der Waals surface area contributed by atoms with Gasteiger partial charge in [-0.1, -0.05) is 17.8 Å². The fourth-order valence-corrected chi connectivity index (χ4v) is 2.12. The number of aryl methyl sites for hydroxylation is 1. The first-order chi connectivity index (χ1) is 7.16. The van der Waals surface area contributed by atoms with Crippen LogP contribution < -0.4 is 0 Å². The molecule has 1 aromatic heterocycles. The maximum absolute atomic E-state index is 11.2. The molecule has 1 aromatic rings. The summed E-state index contributed by atoms with van der Waals surface area (Å²) in [5, 5.41) is 0.720. The SMILES string of the molecule is Cc1cccc(/N=C2/SCC(=O)N2C)n1. The lowest BCUT2D eigenvalue weighted by Gasteiger charge is -2.07. The summed E-state index contributed by atoms with van der Waals surface area (Å²) in [7, 11) is 1.73. The van der Waals surface area contributed by atoms with E-state index >= 15 is 0 Å². The average molecular weight is 221 g/mol. The molecule has 0 aliphatic carbocycles. The van der Waals surface area contributed by atoms with Crippen molar-refractivity contribution in [2.75, 3.05) is 12.8 Å². The molecular formula is C10H11N3OS. The van der Waals surface area contributed by atoms with Gasteiger partial charge in [0.05, 0.1) is 5.75 Å². The molecule has 0 radical (unpaired) electrons. The Hall–Kier alpha value is -1.36. The van der Waals surface area contributed by atoms with Crippen LogP contribution in [0.1, 0.15) is 5.69 Å². The molecule has 15 heavy (non-hydrogen) atoms. The highest BCUT2D eigenvalue weighted by molar-refractivity contribution is 8.15. The van der Waals surface area contributed by atoms with Crippen molar-refractivity contribution in [3.8, 4) is 0 Å². The highest BCUT2D eigenvalue weighted by Crippen LogP contribution is 2.20. The van der Waals surface area contributed by atoms with Gasteiger partial charge in [0.1, 0.15) is 0 Å². The van der Waals surface area contributed by atoms with E-state index in [0.717, 1.165) is 10.9 Å². The van der Waals surface area contributed by atoms with Gasteiger partial charge in [0.15, 0.2) is 11.0 Å². The molecule has 1 amide bonds. The monoisotopic (exact) mass is 221 g/mol. The summed E-state index contributed by atoms with van der Waals surface area (Å²) in [6.45, 7) is 1.92. The van der Waals surface area contributed by atoms with E-state index in [9.17, 15) is 4.79 Å². The largest absolute Gasteiger partial charge is 0.294 e. The Bertz CT molecular complexity index is 430. The van der Waals surface area contributed by atoms with E-state index < -0.39 is 0 Å². The fraction of sp³-hybridized carbons (Fsp3) is 0.300. The molecule has 1 aliphatic heterocycles. The zero-order valence-electron chi connectivity index (χ0n) is 8.60. The Morgan fingerprint density at radius 3 is 2.93 bits per heavy atom. The standard InChI is InChI=1S/C10H11N3OS/c1-7-4-3-5-8(11-7)12-10-13(2)9(14)6-15-10/h3-5H,6H2,1-2H3/b12-10+. The molecule has 0 aromatic carbocycles. The zero-order valence-corrected chi connectivity index (χ0v) is 9.41. The van der Waals surface area contributed by atoms with Crippen LogP contribution >= 0.6 is 11.8 Å².